The largest absolute Gasteiger partial charge is 0.292 e. The molecule has 0 unspecified atom stereocenters. The summed E-state index contributed by atoms with van der Waals surface area (Å²) in [4.78, 5) is 11.7. The quantitative estimate of drug-likeness (QED) is 0.460. The number of aromatic nitrogens is 3. The van der Waals surface area contributed by atoms with Crippen LogP contribution in [0, 0.1) is 3.70 Å². The first-order valence-electron chi connectivity index (χ1n) is 4.93. The molecule has 0 fully saturated rings. The van der Waals surface area contributed by atoms with E-state index in [1.807, 2.05) is 0 Å². The molecule has 1 rings (SSSR count). The van der Waals surface area contributed by atoms with Crippen molar-refractivity contribution in [2.24, 2.45) is 0 Å². The van der Waals surface area contributed by atoms with E-state index < -0.39 is 0 Å². The molecule has 0 aliphatic rings. The van der Waals surface area contributed by atoms with Gasteiger partial charge in [-0.2, -0.15) is 0 Å². The third-order valence-electron chi connectivity index (χ3n) is 1.95. The highest BCUT2D eigenvalue weighted by molar-refractivity contribution is 14.1. The molecule has 4 nitrogen and oxygen atoms in total. The maximum absolute atomic E-state index is 11.7. The van der Waals surface area contributed by atoms with Crippen LogP contribution in [0.1, 0.15) is 36.7 Å². The van der Waals surface area contributed by atoms with Gasteiger partial charge in [0.05, 0.1) is 0 Å². The van der Waals surface area contributed by atoms with E-state index in [-0.39, 0.29) is 5.78 Å². The van der Waals surface area contributed by atoms with Gasteiger partial charge in [0.2, 0.25) is 0 Å². The van der Waals surface area contributed by atoms with Crippen LogP contribution in [0.3, 0.4) is 0 Å². The van der Waals surface area contributed by atoms with Crippen molar-refractivity contribution in [3.8, 4) is 0 Å². The molecule has 0 amide bonds. The molecule has 0 aliphatic carbocycles. The highest BCUT2D eigenvalue weighted by atomic mass is 127. The number of allylic oxidation sites excluding steroid dienone is 1. The normalized spacial score (nSPS) is 10.3. The lowest BCUT2D eigenvalue weighted by atomic mass is 10.2. The molecular weight excluding hydrogens is 305 g/mol. The second-order valence-corrected chi connectivity index (χ2v) is 4.22. The maximum Gasteiger partial charge on any atom is 0.186 e. The third-order valence-corrected chi connectivity index (χ3v) is 3.02. The second-order valence-electron chi connectivity index (χ2n) is 3.20. The van der Waals surface area contributed by atoms with Crippen molar-refractivity contribution in [1.29, 1.82) is 0 Å². The lowest BCUT2D eigenvalue weighted by Crippen LogP contribution is -2.04. The van der Waals surface area contributed by atoms with E-state index >= 15 is 0 Å². The molecule has 0 saturated carbocycles. The Morgan fingerprint density at radius 3 is 3.00 bits per heavy atom. The van der Waals surface area contributed by atoms with Gasteiger partial charge in [-0.05, 0) is 35.4 Å². The number of Topliss-reactive ketones (excluding diaryl/α,β-unsaturated/α-hetero) is 1. The van der Waals surface area contributed by atoms with E-state index in [1.54, 1.807) is 10.8 Å². The Morgan fingerprint density at radius 1 is 1.67 bits per heavy atom. The second kappa shape index (κ2) is 5.99. The van der Waals surface area contributed by atoms with Crippen molar-refractivity contribution in [3.63, 3.8) is 0 Å². The molecule has 15 heavy (non-hydrogen) atoms. The number of hydrogen-bond acceptors (Lipinski definition) is 3. The fourth-order valence-corrected chi connectivity index (χ4v) is 1.92. The van der Waals surface area contributed by atoms with Gasteiger partial charge >= 0.3 is 0 Å². The van der Waals surface area contributed by atoms with Crippen molar-refractivity contribution in [1.82, 2.24) is 15.0 Å². The van der Waals surface area contributed by atoms with Gasteiger partial charge in [0.15, 0.2) is 11.5 Å². The number of ketones is 1. The van der Waals surface area contributed by atoms with Gasteiger partial charge in [0.1, 0.15) is 3.70 Å². The first-order chi connectivity index (χ1) is 7.20. The lowest BCUT2D eigenvalue weighted by Gasteiger charge is -1.98. The van der Waals surface area contributed by atoms with Crippen molar-refractivity contribution >= 4 is 28.4 Å². The fraction of sp³-hybridized carbons (Fsp3) is 0.500. The Morgan fingerprint density at radius 2 is 2.40 bits per heavy atom. The summed E-state index contributed by atoms with van der Waals surface area (Å²) in [7, 11) is 0. The average Bonchev–Trinajstić information content (AvgIpc) is 2.58. The molecule has 1 aromatic heterocycles. The first kappa shape index (κ1) is 12.4. The average molecular weight is 319 g/mol. The molecule has 0 atom stereocenters. The van der Waals surface area contributed by atoms with Gasteiger partial charge in [-0.1, -0.05) is 18.2 Å². The van der Waals surface area contributed by atoms with E-state index in [0.717, 1.165) is 16.7 Å². The maximum atomic E-state index is 11.7. The van der Waals surface area contributed by atoms with Crippen molar-refractivity contribution < 1.29 is 4.79 Å². The van der Waals surface area contributed by atoms with E-state index in [1.165, 1.54) is 0 Å². The van der Waals surface area contributed by atoms with Crippen LogP contribution < -0.4 is 0 Å². The van der Waals surface area contributed by atoms with Crippen LogP contribution in [0.25, 0.3) is 0 Å². The van der Waals surface area contributed by atoms with Gasteiger partial charge in [0, 0.05) is 13.0 Å². The Labute approximate surface area is 103 Å². The number of nitrogens with zero attached hydrogens (tertiary/aromatic N) is 3. The number of rotatable bonds is 6. The molecule has 0 radical (unpaired) electrons. The summed E-state index contributed by atoms with van der Waals surface area (Å²) in [6, 6.07) is 0. The predicted molar refractivity (Wildman–Crippen MR) is 66.8 cm³/mol. The van der Waals surface area contributed by atoms with Gasteiger partial charge in [-0.15, -0.1) is 11.7 Å². The number of carbonyl (C=O) groups excluding carboxylic acids is 1. The van der Waals surface area contributed by atoms with E-state index in [2.05, 4.69) is 46.4 Å². The van der Waals surface area contributed by atoms with E-state index in [4.69, 9.17) is 0 Å². The van der Waals surface area contributed by atoms with Gasteiger partial charge < -0.3 is 0 Å². The summed E-state index contributed by atoms with van der Waals surface area (Å²) >= 11 is 2.12. The first-order valence-corrected chi connectivity index (χ1v) is 6.01. The molecule has 0 aromatic carbocycles. The van der Waals surface area contributed by atoms with Crippen LogP contribution >= 0.6 is 22.6 Å². The SMILES string of the molecule is C=CCCC(=O)c1nnn(CCC)c1I. The zero-order valence-electron chi connectivity index (χ0n) is 8.74. The smallest absolute Gasteiger partial charge is 0.186 e. The Balaban J connectivity index is 2.76. The number of aryl methyl sites for hydroxylation is 1. The van der Waals surface area contributed by atoms with Crippen LogP contribution in [0.5, 0.6) is 0 Å². The lowest BCUT2D eigenvalue weighted by molar-refractivity contribution is 0.0978. The molecule has 1 heterocycles. The van der Waals surface area contributed by atoms with Crippen molar-refractivity contribution in [2.75, 3.05) is 0 Å². The summed E-state index contributed by atoms with van der Waals surface area (Å²) in [5.74, 6) is 0.0432. The highest BCUT2D eigenvalue weighted by Gasteiger charge is 2.16. The number of halogens is 1. The molecular formula is C10H14IN3O. The number of carbonyl (C=O) groups is 1. The molecule has 1 aromatic rings. The fourth-order valence-electron chi connectivity index (χ4n) is 1.18. The summed E-state index contributed by atoms with van der Waals surface area (Å²) in [5.41, 5.74) is 0.492. The van der Waals surface area contributed by atoms with Crippen molar-refractivity contribution in [3.05, 3.63) is 22.0 Å². The molecule has 0 saturated heterocycles. The van der Waals surface area contributed by atoms with Crippen LogP contribution in [0.4, 0.5) is 0 Å². The molecule has 82 valence electrons. The minimum Gasteiger partial charge on any atom is -0.292 e. The summed E-state index contributed by atoms with van der Waals surface area (Å²) in [6.07, 6.45) is 3.88. The Bertz CT molecular complexity index is 360. The minimum absolute atomic E-state index is 0.0432. The van der Waals surface area contributed by atoms with Gasteiger partial charge in [0.25, 0.3) is 0 Å². The number of hydrogen-bond donors (Lipinski definition) is 0. The van der Waals surface area contributed by atoms with E-state index in [9.17, 15) is 4.79 Å². The zero-order chi connectivity index (χ0) is 11.3. The van der Waals surface area contributed by atoms with Gasteiger partial charge in [-0.3, -0.25) is 4.79 Å². The monoisotopic (exact) mass is 319 g/mol. The summed E-state index contributed by atoms with van der Waals surface area (Å²) in [5, 5.41) is 7.86. The molecule has 0 spiro atoms. The van der Waals surface area contributed by atoms with E-state index in [0.29, 0.717) is 18.5 Å². The predicted octanol–water partition coefficient (Wildman–Crippen LogP) is 2.44. The van der Waals surface area contributed by atoms with Crippen molar-refractivity contribution in [2.45, 2.75) is 32.7 Å². The molecule has 0 bridgehead atoms. The summed E-state index contributed by atoms with van der Waals surface area (Å²) < 4.78 is 2.60. The third kappa shape index (κ3) is 3.12. The van der Waals surface area contributed by atoms with Crippen LogP contribution in [-0.4, -0.2) is 20.8 Å². The van der Waals surface area contributed by atoms with Crippen LogP contribution in [0.2, 0.25) is 0 Å². The zero-order valence-corrected chi connectivity index (χ0v) is 10.9. The topological polar surface area (TPSA) is 47.8 Å². The molecule has 5 heteroatoms. The highest BCUT2D eigenvalue weighted by Crippen LogP contribution is 2.12. The van der Waals surface area contributed by atoms with Gasteiger partial charge in [-0.25, -0.2) is 4.68 Å². The standard InChI is InChI=1S/C10H14IN3O/c1-3-5-6-8(15)9-10(11)14(7-4-2)13-12-9/h3H,1,4-7H2,2H3. The van der Waals surface area contributed by atoms with Crippen LogP contribution in [-0.2, 0) is 6.54 Å². The molecule has 0 N–H and O–H groups in total. The van der Waals surface area contributed by atoms with Crippen LogP contribution in [0.15, 0.2) is 12.7 Å². The molecule has 0 aliphatic heterocycles. The summed E-state index contributed by atoms with van der Waals surface area (Å²) in [6.45, 7) is 6.46. The Kier molecular flexibility index (Phi) is 4.93. The minimum atomic E-state index is 0.0432. The Hall–Kier alpha value is -0.720.